The van der Waals surface area contributed by atoms with E-state index in [0.717, 1.165) is 28.2 Å². The first kappa shape index (κ1) is 16.9. The molecule has 2 unspecified atom stereocenters. The predicted octanol–water partition coefficient (Wildman–Crippen LogP) is 3.83. The van der Waals surface area contributed by atoms with Crippen molar-refractivity contribution in [1.82, 2.24) is 10.2 Å². The van der Waals surface area contributed by atoms with E-state index in [1.54, 1.807) is 20.4 Å². The Morgan fingerprint density at radius 3 is 2.67 bits per heavy atom. The highest BCUT2D eigenvalue weighted by atomic mass is 16.5. The summed E-state index contributed by atoms with van der Waals surface area (Å²) in [5, 5.41) is 17.2. The molecule has 0 fully saturated rings. The summed E-state index contributed by atoms with van der Waals surface area (Å²) in [5.74, 6) is 1.39. The first-order chi connectivity index (χ1) is 13.3. The van der Waals surface area contributed by atoms with Gasteiger partial charge in [-0.15, -0.1) is 0 Å². The van der Waals surface area contributed by atoms with Gasteiger partial charge in [0.25, 0.3) is 0 Å². The van der Waals surface area contributed by atoms with Crippen molar-refractivity contribution in [3.63, 3.8) is 0 Å². The smallest absolute Gasteiger partial charge is 0.152 e. The van der Waals surface area contributed by atoms with E-state index in [2.05, 4.69) is 16.3 Å². The number of hydrogen-bond donors (Lipinski definition) is 1. The molecule has 0 saturated heterocycles. The molecular formula is C21H18N4O2. The van der Waals surface area contributed by atoms with Gasteiger partial charge < -0.3 is 9.47 Å². The second-order valence-electron chi connectivity index (χ2n) is 6.23. The van der Waals surface area contributed by atoms with Gasteiger partial charge in [0.2, 0.25) is 0 Å². The average Bonchev–Trinajstić information content (AvgIpc) is 3.20. The third kappa shape index (κ3) is 2.83. The van der Waals surface area contributed by atoms with Crippen molar-refractivity contribution >= 4 is 11.5 Å². The Labute approximate surface area is 157 Å². The number of fused-ring (bicyclic) bond motifs is 1. The summed E-state index contributed by atoms with van der Waals surface area (Å²) in [4.78, 5) is 4.71. The molecule has 4 rings (SSSR count). The zero-order valence-electron chi connectivity index (χ0n) is 15.0. The van der Waals surface area contributed by atoms with Crippen molar-refractivity contribution < 1.29 is 9.47 Å². The molecule has 1 aliphatic rings. The van der Waals surface area contributed by atoms with Gasteiger partial charge in [0.15, 0.2) is 5.82 Å². The first-order valence-electron chi connectivity index (χ1n) is 8.55. The Morgan fingerprint density at radius 2 is 1.89 bits per heavy atom. The zero-order chi connectivity index (χ0) is 18.8. The lowest BCUT2D eigenvalue weighted by molar-refractivity contribution is 0.406. The summed E-state index contributed by atoms with van der Waals surface area (Å²) in [6.45, 7) is 0. The van der Waals surface area contributed by atoms with Crippen molar-refractivity contribution in [2.24, 2.45) is 10.9 Å². The maximum atomic E-state index is 10.1. The minimum atomic E-state index is -0.487. The number of methoxy groups -OCH3 is 2. The highest BCUT2D eigenvalue weighted by molar-refractivity contribution is 6.07. The molecule has 0 bridgehead atoms. The molecule has 1 N–H and O–H groups in total. The number of ether oxygens (including phenoxy) is 2. The molecule has 2 atom stereocenters. The van der Waals surface area contributed by atoms with E-state index < -0.39 is 5.92 Å². The number of nitrogens with one attached hydrogen (secondary N) is 1. The monoisotopic (exact) mass is 358 g/mol. The first-order valence-corrected chi connectivity index (χ1v) is 8.55. The normalized spacial score (nSPS) is 18.2. The summed E-state index contributed by atoms with van der Waals surface area (Å²) >= 11 is 0. The summed E-state index contributed by atoms with van der Waals surface area (Å²) < 4.78 is 10.9. The quantitative estimate of drug-likeness (QED) is 0.768. The molecule has 0 aliphatic carbocycles. The maximum absolute atomic E-state index is 10.1. The van der Waals surface area contributed by atoms with E-state index in [-0.39, 0.29) is 5.92 Å². The molecule has 2 heterocycles. The van der Waals surface area contributed by atoms with Gasteiger partial charge in [0.1, 0.15) is 17.4 Å². The molecule has 0 saturated carbocycles. The number of H-pyrrole nitrogens is 1. The fraction of sp³-hybridized carbons (Fsp3) is 0.190. The summed E-state index contributed by atoms with van der Waals surface area (Å²) in [7, 11) is 3.25. The van der Waals surface area contributed by atoms with E-state index >= 15 is 0 Å². The minimum Gasteiger partial charge on any atom is -0.497 e. The van der Waals surface area contributed by atoms with Crippen LogP contribution in [0.4, 0.5) is 5.82 Å². The third-order valence-electron chi connectivity index (χ3n) is 4.82. The number of aromatic amines is 1. The van der Waals surface area contributed by atoms with Crippen LogP contribution in [-0.2, 0) is 0 Å². The van der Waals surface area contributed by atoms with Crippen LogP contribution in [0, 0.1) is 17.2 Å². The second kappa shape index (κ2) is 6.96. The Morgan fingerprint density at radius 1 is 1.04 bits per heavy atom. The fourth-order valence-corrected chi connectivity index (χ4v) is 3.57. The Hall–Kier alpha value is -3.59. The predicted molar refractivity (Wildman–Crippen MR) is 102 cm³/mol. The SMILES string of the molecule is COc1cccc(C2=Nc3[nH]ncc3C(c3ccccc3OC)C2C#N)c1. The number of rotatable bonds is 4. The Kier molecular flexibility index (Phi) is 4.35. The van der Waals surface area contributed by atoms with E-state index in [0.29, 0.717) is 11.5 Å². The van der Waals surface area contributed by atoms with Gasteiger partial charge in [-0.05, 0) is 18.2 Å². The topological polar surface area (TPSA) is 83.3 Å². The lowest BCUT2D eigenvalue weighted by Gasteiger charge is -2.28. The van der Waals surface area contributed by atoms with Crippen LogP contribution in [-0.4, -0.2) is 30.1 Å². The van der Waals surface area contributed by atoms with Crippen LogP contribution in [0.25, 0.3) is 0 Å². The molecular weight excluding hydrogens is 340 g/mol. The number of nitrogens with zero attached hydrogens (tertiary/aromatic N) is 3. The maximum Gasteiger partial charge on any atom is 0.152 e. The molecule has 6 nitrogen and oxygen atoms in total. The van der Waals surface area contributed by atoms with Crippen LogP contribution >= 0.6 is 0 Å². The molecule has 134 valence electrons. The third-order valence-corrected chi connectivity index (χ3v) is 4.82. The Balaban J connectivity index is 1.91. The standard InChI is InChI=1S/C21H18N4O2/c1-26-14-7-5-6-13(10-14)20-16(11-22)19(17-12-23-25-21(17)24-20)15-8-3-4-9-18(15)27-2/h3-10,12,16,19H,1-2H3,(H,23,25). The lowest BCUT2D eigenvalue weighted by atomic mass is 9.76. The molecule has 3 aromatic rings. The van der Waals surface area contributed by atoms with Gasteiger partial charge in [-0.1, -0.05) is 30.3 Å². The van der Waals surface area contributed by atoms with Crippen molar-refractivity contribution in [3.05, 3.63) is 71.4 Å². The van der Waals surface area contributed by atoms with Crippen molar-refractivity contribution in [2.75, 3.05) is 14.2 Å². The molecule has 2 aromatic carbocycles. The van der Waals surface area contributed by atoms with E-state index in [1.165, 1.54) is 0 Å². The average molecular weight is 358 g/mol. The van der Waals surface area contributed by atoms with Crippen molar-refractivity contribution in [2.45, 2.75) is 5.92 Å². The molecule has 1 aliphatic heterocycles. The van der Waals surface area contributed by atoms with Crippen LogP contribution in [0.1, 0.15) is 22.6 Å². The van der Waals surface area contributed by atoms with Gasteiger partial charge in [-0.2, -0.15) is 10.4 Å². The molecule has 1 aromatic heterocycles. The number of benzene rings is 2. The van der Waals surface area contributed by atoms with Gasteiger partial charge in [0, 0.05) is 22.6 Å². The zero-order valence-corrected chi connectivity index (χ0v) is 15.0. The summed E-state index contributed by atoms with van der Waals surface area (Å²) in [6, 6.07) is 17.8. The molecule has 0 amide bonds. The number of hydrogen-bond acceptors (Lipinski definition) is 5. The summed E-state index contributed by atoms with van der Waals surface area (Å²) in [5.41, 5.74) is 3.35. The van der Waals surface area contributed by atoms with Crippen molar-refractivity contribution in [3.8, 4) is 17.6 Å². The van der Waals surface area contributed by atoms with Gasteiger partial charge in [-0.25, -0.2) is 4.99 Å². The molecule has 0 radical (unpaired) electrons. The van der Waals surface area contributed by atoms with Crippen LogP contribution in [0.5, 0.6) is 11.5 Å². The largest absolute Gasteiger partial charge is 0.497 e. The van der Waals surface area contributed by atoms with Crippen LogP contribution in [0.3, 0.4) is 0 Å². The Bertz CT molecular complexity index is 1050. The van der Waals surface area contributed by atoms with Gasteiger partial charge in [0.05, 0.1) is 32.2 Å². The van der Waals surface area contributed by atoms with Gasteiger partial charge in [-0.3, -0.25) is 5.10 Å². The highest BCUT2D eigenvalue weighted by Crippen LogP contribution is 2.45. The van der Waals surface area contributed by atoms with Crippen LogP contribution in [0.15, 0.2) is 59.7 Å². The number of nitriles is 1. The molecule has 27 heavy (non-hydrogen) atoms. The van der Waals surface area contributed by atoms with Crippen LogP contribution < -0.4 is 9.47 Å². The number of aromatic nitrogens is 2. The van der Waals surface area contributed by atoms with Gasteiger partial charge >= 0.3 is 0 Å². The fourth-order valence-electron chi connectivity index (χ4n) is 3.57. The molecule has 6 heteroatoms. The van der Waals surface area contributed by atoms with Crippen LogP contribution in [0.2, 0.25) is 0 Å². The van der Waals surface area contributed by atoms with E-state index in [4.69, 9.17) is 14.5 Å². The molecule has 0 spiro atoms. The number of para-hydroxylation sites is 1. The summed E-state index contributed by atoms with van der Waals surface area (Å²) in [6.07, 6.45) is 1.74. The lowest BCUT2D eigenvalue weighted by Crippen LogP contribution is -2.26. The van der Waals surface area contributed by atoms with E-state index in [9.17, 15) is 5.26 Å². The highest BCUT2D eigenvalue weighted by Gasteiger charge is 2.37. The van der Waals surface area contributed by atoms with E-state index in [1.807, 2.05) is 48.5 Å². The minimum absolute atomic E-state index is 0.237. The second-order valence-corrected chi connectivity index (χ2v) is 6.23. The van der Waals surface area contributed by atoms with Crippen molar-refractivity contribution in [1.29, 1.82) is 5.26 Å². The number of aliphatic imine (C=N–C) groups is 1.